The number of rotatable bonds is 53. The Morgan fingerprint density at radius 3 is 1.08 bits per heavy atom. The Hall–Kier alpha value is -2.40. The molecule has 0 bridgehead atoms. The van der Waals surface area contributed by atoms with Gasteiger partial charge in [-0.25, -0.2) is 0 Å². The minimum absolute atomic E-state index is 0.0676. The molecular weight excluding hydrogens is 813 g/mol. The second kappa shape index (κ2) is 56.9. The van der Waals surface area contributed by atoms with E-state index in [2.05, 4.69) is 81.5 Å². The van der Waals surface area contributed by atoms with Crippen molar-refractivity contribution in [2.45, 2.75) is 297 Å². The Morgan fingerprint density at radius 1 is 0.333 bits per heavy atom. The van der Waals surface area contributed by atoms with Gasteiger partial charge >= 0.3 is 11.9 Å². The molecule has 0 aliphatic rings. The molecule has 5 heteroatoms. The highest BCUT2D eigenvalue weighted by atomic mass is 16.6. The summed E-state index contributed by atoms with van der Waals surface area (Å²) in [6, 6.07) is 0. The number of ether oxygens (including phenoxy) is 3. The standard InChI is InChI=1S/C61H110O5/c1-4-7-10-13-16-19-22-25-28-30-31-32-34-36-39-42-45-48-51-54-60(62)65-58-59(57-64-56-53-50-47-44-41-38-35-29-26-23-20-17-14-11-8-5-2)66-61(63)55-52-49-46-43-40-37-33-27-24-21-18-15-12-9-6-3/h16,19,25,27-28,31-33,36,39,59H,4-15,17-18,20-24,26,29-30,34-35,37-38,40-58H2,1-3H3/b19-16-,28-25-,32-31-,33-27-,39-36-/t59-/m1/s1. The first kappa shape index (κ1) is 63.6. The van der Waals surface area contributed by atoms with E-state index < -0.39 is 6.10 Å². The molecule has 0 heterocycles. The van der Waals surface area contributed by atoms with E-state index in [9.17, 15) is 9.59 Å². The fourth-order valence-corrected chi connectivity index (χ4v) is 8.20. The maximum atomic E-state index is 12.8. The molecule has 1 atom stereocenters. The van der Waals surface area contributed by atoms with E-state index in [0.29, 0.717) is 19.4 Å². The average molecular weight is 924 g/mol. The highest BCUT2D eigenvalue weighted by Gasteiger charge is 2.17. The topological polar surface area (TPSA) is 61.8 Å². The molecule has 384 valence electrons. The number of esters is 2. The van der Waals surface area contributed by atoms with Gasteiger partial charge in [-0.2, -0.15) is 0 Å². The molecule has 0 aliphatic heterocycles. The highest BCUT2D eigenvalue weighted by molar-refractivity contribution is 5.70. The van der Waals surface area contributed by atoms with E-state index in [1.54, 1.807) is 0 Å². The van der Waals surface area contributed by atoms with Crippen molar-refractivity contribution >= 4 is 11.9 Å². The molecule has 0 fully saturated rings. The molecule has 0 aromatic heterocycles. The van der Waals surface area contributed by atoms with Gasteiger partial charge < -0.3 is 14.2 Å². The average Bonchev–Trinajstić information content (AvgIpc) is 3.32. The molecule has 0 spiro atoms. The van der Waals surface area contributed by atoms with Gasteiger partial charge in [-0.1, -0.05) is 248 Å². The fraction of sp³-hybridized carbons (Fsp3) is 0.803. The van der Waals surface area contributed by atoms with Crippen molar-refractivity contribution in [2.24, 2.45) is 0 Å². The summed E-state index contributed by atoms with van der Waals surface area (Å²) in [5.41, 5.74) is 0. The van der Waals surface area contributed by atoms with Crippen LogP contribution in [0.25, 0.3) is 0 Å². The van der Waals surface area contributed by atoms with Gasteiger partial charge in [-0.3, -0.25) is 9.59 Å². The lowest BCUT2D eigenvalue weighted by Crippen LogP contribution is -2.30. The second-order valence-corrected chi connectivity index (χ2v) is 19.2. The van der Waals surface area contributed by atoms with Crippen molar-refractivity contribution in [3.63, 3.8) is 0 Å². The molecule has 5 nitrogen and oxygen atoms in total. The van der Waals surface area contributed by atoms with Crippen LogP contribution in [0.4, 0.5) is 0 Å². The first-order chi connectivity index (χ1) is 32.6. The maximum Gasteiger partial charge on any atom is 0.306 e. The minimum Gasteiger partial charge on any atom is -0.462 e. The molecule has 0 unspecified atom stereocenters. The zero-order valence-electron chi connectivity index (χ0n) is 44.2. The van der Waals surface area contributed by atoms with Crippen LogP contribution in [0.5, 0.6) is 0 Å². The normalized spacial score (nSPS) is 12.6. The molecule has 0 aliphatic carbocycles. The third-order valence-corrected chi connectivity index (χ3v) is 12.5. The van der Waals surface area contributed by atoms with Crippen molar-refractivity contribution in [2.75, 3.05) is 19.8 Å². The van der Waals surface area contributed by atoms with Crippen molar-refractivity contribution in [3.05, 3.63) is 60.8 Å². The van der Waals surface area contributed by atoms with Gasteiger partial charge in [0, 0.05) is 19.4 Å². The summed E-state index contributed by atoms with van der Waals surface area (Å²) in [6.45, 7) is 7.80. The Morgan fingerprint density at radius 2 is 0.636 bits per heavy atom. The van der Waals surface area contributed by atoms with E-state index in [4.69, 9.17) is 14.2 Å². The van der Waals surface area contributed by atoms with Crippen LogP contribution in [-0.2, 0) is 23.8 Å². The van der Waals surface area contributed by atoms with E-state index in [1.165, 1.54) is 173 Å². The Labute approximate surface area is 411 Å². The number of hydrogen-bond donors (Lipinski definition) is 0. The lowest BCUT2D eigenvalue weighted by Gasteiger charge is -2.18. The molecule has 0 N–H and O–H groups in total. The predicted molar refractivity (Wildman–Crippen MR) is 288 cm³/mol. The lowest BCUT2D eigenvalue weighted by molar-refractivity contribution is -0.163. The van der Waals surface area contributed by atoms with Gasteiger partial charge in [-0.05, 0) is 89.9 Å². The molecule has 0 saturated carbocycles. The van der Waals surface area contributed by atoms with Crippen LogP contribution in [0.2, 0.25) is 0 Å². The SMILES string of the molecule is CCCCC/C=C\C/C=C\C/C=C\C/C=C\CCCCCC(=O)OC[C@@H](COCCCCCCCCCCCCCCCCCC)OC(=O)CCCCCCC/C=C\CCCCCCCC. The Balaban J connectivity index is 4.32. The van der Waals surface area contributed by atoms with Crippen LogP contribution < -0.4 is 0 Å². The summed E-state index contributed by atoms with van der Waals surface area (Å²) in [5, 5.41) is 0. The van der Waals surface area contributed by atoms with Crippen LogP contribution >= 0.6 is 0 Å². The first-order valence-electron chi connectivity index (χ1n) is 28.8. The van der Waals surface area contributed by atoms with Gasteiger partial charge in [0.25, 0.3) is 0 Å². The van der Waals surface area contributed by atoms with Crippen molar-refractivity contribution in [3.8, 4) is 0 Å². The molecule has 0 rings (SSSR count). The number of unbranched alkanes of at least 4 members (excludes halogenated alkanes) is 32. The fourth-order valence-electron chi connectivity index (χ4n) is 8.20. The van der Waals surface area contributed by atoms with Crippen LogP contribution in [0.1, 0.15) is 290 Å². The maximum absolute atomic E-state index is 12.8. The minimum atomic E-state index is -0.553. The van der Waals surface area contributed by atoms with Crippen molar-refractivity contribution in [1.29, 1.82) is 0 Å². The molecule has 0 amide bonds. The number of allylic oxidation sites excluding steroid dienone is 10. The third-order valence-electron chi connectivity index (χ3n) is 12.5. The van der Waals surface area contributed by atoms with Crippen molar-refractivity contribution < 1.29 is 23.8 Å². The smallest absolute Gasteiger partial charge is 0.306 e. The van der Waals surface area contributed by atoms with E-state index in [-0.39, 0.29) is 25.2 Å². The zero-order valence-corrected chi connectivity index (χ0v) is 44.2. The first-order valence-corrected chi connectivity index (χ1v) is 28.8. The third kappa shape index (κ3) is 54.2. The monoisotopic (exact) mass is 923 g/mol. The number of carbonyl (C=O) groups is 2. The van der Waals surface area contributed by atoms with Gasteiger partial charge in [0.05, 0.1) is 6.61 Å². The molecule has 0 aromatic carbocycles. The quantitative estimate of drug-likeness (QED) is 0.0346. The number of carbonyl (C=O) groups excluding carboxylic acids is 2. The summed E-state index contributed by atoms with van der Waals surface area (Å²) in [6.07, 6.45) is 72.4. The molecule has 66 heavy (non-hydrogen) atoms. The van der Waals surface area contributed by atoms with Crippen LogP contribution in [-0.4, -0.2) is 37.9 Å². The summed E-state index contributed by atoms with van der Waals surface area (Å²) >= 11 is 0. The van der Waals surface area contributed by atoms with Crippen LogP contribution in [0, 0.1) is 0 Å². The van der Waals surface area contributed by atoms with Gasteiger partial charge in [0.1, 0.15) is 6.61 Å². The predicted octanol–water partition coefficient (Wildman–Crippen LogP) is 19.7. The van der Waals surface area contributed by atoms with Crippen LogP contribution in [0.15, 0.2) is 60.8 Å². The molecule has 0 aromatic rings. The Kier molecular flexibility index (Phi) is 54.9. The van der Waals surface area contributed by atoms with Crippen LogP contribution in [0.3, 0.4) is 0 Å². The van der Waals surface area contributed by atoms with Gasteiger partial charge in [0.2, 0.25) is 0 Å². The molecular formula is C61H110O5. The summed E-state index contributed by atoms with van der Waals surface area (Å²) < 4.78 is 17.5. The number of hydrogen-bond acceptors (Lipinski definition) is 5. The van der Waals surface area contributed by atoms with E-state index in [0.717, 1.165) is 83.5 Å². The second-order valence-electron chi connectivity index (χ2n) is 19.2. The van der Waals surface area contributed by atoms with Gasteiger partial charge in [0.15, 0.2) is 6.10 Å². The van der Waals surface area contributed by atoms with E-state index in [1.807, 2.05) is 0 Å². The summed E-state index contributed by atoms with van der Waals surface area (Å²) in [5.74, 6) is -0.430. The van der Waals surface area contributed by atoms with Crippen molar-refractivity contribution in [1.82, 2.24) is 0 Å². The molecule has 0 saturated heterocycles. The zero-order chi connectivity index (χ0) is 47.7. The largest absolute Gasteiger partial charge is 0.462 e. The van der Waals surface area contributed by atoms with E-state index >= 15 is 0 Å². The van der Waals surface area contributed by atoms with Gasteiger partial charge in [-0.15, -0.1) is 0 Å². The highest BCUT2D eigenvalue weighted by Crippen LogP contribution is 2.15. The summed E-state index contributed by atoms with van der Waals surface area (Å²) in [4.78, 5) is 25.5. The lowest BCUT2D eigenvalue weighted by atomic mass is 10.0. The summed E-state index contributed by atoms with van der Waals surface area (Å²) in [7, 11) is 0. The molecule has 0 radical (unpaired) electrons. The Bertz CT molecular complexity index is 1130.